The predicted molar refractivity (Wildman–Crippen MR) is 127 cm³/mol. The fourth-order valence-electron chi connectivity index (χ4n) is 4.63. The van der Waals surface area contributed by atoms with Crippen molar-refractivity contribution in [3.63, 3.8) is 0 Å². The summed E-state index contributed by atoms with van der Waals surface area (Å²) in [6.45, 7) is 6.91. The van der Waals surface area contributed by atoms with Crippen LogP contribution >= 0.6 is 0 Å². The predicted octanol–water partition coefficient (Wildman–Crippen LogP) is 5.81. The minimum atomic E-state index is 0.189. The molecule has 0 N–H and O–H groups in total. The highest BCUT2D eigenvalue weighted by Crippen LogP contribution is 2.37. The molecule has 2 aliphatic rings. The topological polar surface area (TPSA) is 0 Å². The van der Waals surface area contributed by atoms with Gasteiger partial charge in [-0.1, -0.05) is 106 Å². The van der Waals surface area contributed by atoms with Crippen LogP contribution in [0.4, 0.5) is 0 Å². The molecule has 0 unspecified atom stereocenters. The molecule has 2 aliphatic carbocycles. The van der Waals surface area contributed by atoms with Gasteiger partial charge in [-0.15, -0.1) is 0 Å². The van der Waals surface area contributed by atoms with Gasteiger partial charge in [-0.3, -0.25) is 0 Å². The lowest BCUT2D eigenvalue weighted by atomic mass is 9.87. The summed E-state index contributed by atoms with van der Waals surface area (Å²) in [5, 5.41) is 5.40. The van der Waals surface area contributed by atoms with Crippen molar-refractivity contribution in [2.75, 3.05) is 0 Å². The molecule has 30 heavy (non-hydrogen) atoms. The molecule has 0 heterocycles. The van der Waals surface area contributed by atoms with Crippen LogP contribution < -0.4 is 10.4 Å². The monoisotopic (exact) mass is 388 g/mol. The first-order chi connectivity index (χ1) is 14.5. The third-order valence-corrected chi connectivity index (χ3v) is 6.27. The standard InChI is InChI=1S/C30H28/c1-30(2,3)24-17-16-23(20-24)29-27-12-8-7-11-25(27)26-18-15-22(19-28(26)29)14-13-21-9-5-4-6-10-21/h4-12,14-15,17-20H,13,16H2,1-3H3. The van der Waals surface area contributed by atoms with Crippen molar-refractivity contribution in [2.24, 2.45) is 5.41 Å². The van der Waals surface area contributed by atoms with Crippen LogP contribution in [0.3, 0.4) is 0 Å². The lowest BCUT2D eigenvalue weighted by molar-refractivity contribution is 0.518. The van der Waals surface area contributed by atoms with E-state index < -0.39 is 0 Å². The molecule has 0 aromatic heterocycles. The summed E-state index contributed by atoms with van der Waals surface area (Å²) in [4.78, 5) is 0. The minimum absolute atomic E-state index is 0.189. The molecule has 0 nitrogen and oxygen atoms in total. The molecule has 0 amide bonds. The van der Waals surface area contributed by atoms with E-state index in [1.807, 2.05) is 0 Å². The third-order valence-electron chi connectivity index (χ3n) is 6.27. The van der Waals surface area contributed by atoms with Crippen LogP contribution in [0.1, 0.15) is 38.3 Å². The largest absolute Gasteiger partial charge is 0.0763 e. The van der Waals surface area contributed by atoms with Crippen LogP contribution in [0, 0.1) is 15.9 Å². The van der Waals surface area contributed by atoms with E-state index >= 15 is 0 Å². The van der Waals surface area contributed by atoms with E-state index in [-0.39, 0.29) is 5.41 Å². The van der Waals surface area contributed by atoms with E-state index in [4.69, 9.17) is 0 Å². The Morgan fingerprint density at radius 2 is 1.53 bits per heavy atom. The number of rotatable bonds is 3. The Morgan fingerprint density at radius 1 is 0.800 bits per heavy atom. The fourth-order valence-corrected chi connectivity index (χ4v) is 4.63. The zero-order valence-electron chi connectivity index (χ0n) is 18.1. The van der Waals surface area contributed by atoms with Crippen LogP contribution in [-0.2, 0) is 6.42 Å². The van der Waals surface area contributed by atoms with E-state index in [1.54, 1.807) is 0 Å². The van der Waals surface area contributed by atoms with Crippen molar-refractivity contribution in [2.45, 2.75) is 33.6 Å². The van der Waals surface area contributed by atoms with Crippen molar-refractivity contribution < 1.29 is 0 Å². The maximum atomic E-state index is 2.43. The minimum Gasteiger partial charge on any atom is -0.0763 e. The van der Waals surface area contributed by atoms with Gasteiger partial charge in [0.05, 0.1) is 0 Å². The van der Waals surface area contributed by atoms with Gasteiger partial charge in [0.2, 0.25) is 0 Å². The molecule has 0 atom stereocenters. The summed E-state index contributed by atoms with van der Waals surface area (Å²) in [5.41, 5.74) is 7.24. The average molecular weight is 389 g/mol. The van der Waals surface area contributed by atoms with E-state index in [9.17, 15) is 0 Å². The molecule has 3 aromatic carbocycles. The first-order valence-corrected chi connectivity index (χ1v) is 10.9. The molecule has 0 spiro atoms. The van der Waals surface area contributed by atoms with Crippen LogP contribution in [-0.4, -0.2) is 0 Å². The van der Waals surface area contributed by atoms with Crippen LogP contribution in [0.2, 0.25) is 0 Å². The maximum Gasteiger partial charge on any atom is -0.00634 e. The highest BCUT2D eigenvalue weighted by molar-refractivity contribution is 5.83. The van der Waals surface area contributed by atoms with Gasteiger partial charge in [0, 0.05) is 0 Å². The molecule has 148 valence electrons. The highest BCUT2D eigenvalue weighted by atomic mass is 14.3. The zero-order valence-corrected chi connectivity index (χ0v) is 18.1. The summed E-state index contributed by atoms with van der Waals surface area (Å²) in [6, 6.07) is 26.5. The first kappa shape index (κ1) is 18.9. The van der Waals surface area contributed by atoms with Gasteiger partial charge in [-0.2, -0.15) is 0 Å². The smallest absolute Gasteiger partial charge is 0.00634 e. The number of hydrogen-bond acceptors (Lipinski definition) is 0. The molecule has 5 rings (SSSR count). The fraction of sp³-hybridized carbons (Fsp3) is 0.200. The van der Waals surface area contributed by atoms with Crippen molar-refractivity contribution in [1.82, 2.24) is 0 Å². The summed E-state index contributed by atoms with van der Waals surface area (Å²) < 4.78 is 0. The molecular weight excluding hydrogens is 360 g/mol. The Hall–Kier alpha value is -3.12. The summed E-state index contributed by atoms with van der Waals surface area (Å²) in [7, 11) is 0. The molecule has 0 saturated carbocycles. The average Bonchev–Trinajstić information content (AvgIpc) is 3.35. The van der Waals surface area contributed by atoms with E-state index in [2.05, 4.69) is 112 Å². The van der Waals surface area contributed by atoms with Gasteiger partial charge < -0.3 is 0 Å². The van der Waals surface area contributed by atoms with Crippen LogP contribution in [0.5, 0.6) is 0 Å². The van der Waals surface area contributed by atoms with Gasteiger partial charge in [-0.25, -0.2) is 0 Å². The molecule has 0 saturated heterocycles. The first-order valence-electron chi connectivity index (χ1n) is 10.9. The van der Waals surface area contributed by atoms with Crippen LogP contribution in [0.25, 0.3) is 11.6 Å². The normalized spacial score (nSPS) is 15.7. The Morgan fingerprint density at radius 3 is 2.27 bits per heavy atom. The van der Waals surface area contributed by atoms with Gasteiger partial charge in [0.1, 0.15) is 0 Å². The van der Waals surface area contributed by atoms with Crippen molar-refractivity contribution in [3.8, 4) is 0 Å². The lowest BCUT2D eigenvalue weighted by Gasteiger charge is -2.18. The molecular formula is C30H28. The van der Waals surface area contributed by atoms with Gasteiger partial charge in [0.15, 0.2) is 0 Å². The van der Waals surface area contributed by atoms with E-state index in [0.717, 1.165) is 12.8 Å². The second-order valence-electron chi connectivity index (χ2n) is 9.40. The molecule has 3 aromatic rings. The number of fused-ring (bicyclic) bond motifs is 2. The van der Waals surface area contributed by atoms with Gasteiger partial charge in [0.25, 0.3) is 0 Å². The Kier molecular flexibility index (Phi) is 4.59. The quantitative estimate of drug-likeness (QED) is 0.531. The number of benzene rings is 3. The third kappa shape index (κ3) is 3.37. The molecule has 0 bridgehead atoms. The van der Waals surface area contributed by atoms with Gasteiger partial charge in [-0.05, 0) is 73.0 Å². The van der Waals surface area contributed by atoms with E-state index in [0.29, 0.717) is 0 Å². The Bertz CT molecular complexity index is 1390. The van der Waals surface area contributed by atoms with Crippen molar-refractivity contribution in [1.29, 1.82) is 0 Å². The SMILES string of the molecule is CC(C)(C)C1=CCC(C2=c3ccccc3=c3ccc(=CCc4ccccc4)cc32)=C1. The number of allylic oxidation sites excluding steroid dienone is 4. The van der Waals surface area contributed by atoms with Crippen molar-refractivity contribution in [3.05, 3.63) is 128 Å². The lowest BCUT2D eigenvalue weighted by Crippen LogP contribution is -2.08. The van der Waals surface area contributed by atoms with Crippen molar-refractivity contribution >= 4 is 11.6 Å². The second-order valence-corrected chi connectivity index (χ2v) is 9.40. The molecule has 0 aliphatic heterocycles. The highest BCUT2D eigenvalue weighted by Gasteiger charge is 2.23. The summed E-state index contributed by atoms with van der Waals surface area (Å²) in [6.07, 6.45) is 9.17. The number of hydrogen-bond donors (Lipinski definition) is 0. The molecule has 0 radical (unpaired) electrons. The second kappa shape index (κ2) is 7.29. The molecule has 0 heteroatoms. The zero-order chi connectivity index (χ0) is 20.7. The Labute approximate surface area is 178 Å². The van der Waals surface area contributed by atoms with E-state index in [1.165, 1.54) is 48.7 Å². The summed E-state index contributed by atoms with van der Waals surface area (Å²) >= 11 is 0. The van der Waals surface area contributed by atoms with Crippen LogP contribution in [0.15, 0.2) is 96.1 Å². The molecule has 0 fully saturated rings. The maximum absolute atomic E-state index is 2.43. The Balaban J connectivity index is 1.64. The van der Waals surface area contributed by atoms with Gasteiger partial charge >= 0.3 is 0 Å². The summed E-state index contributed by atoms with van der Waals surface area (Å²) in [5.74, 6) is 0.